The molecule has 0 bridgehead atoms. The van der Waals surface area contributed by atoms with Crippen LogP contribution in [0.15, 0.2) is 36.4 Å². The molecule has 0 fully saturated rings. The van der Waals surface area contributed by atoms with Crippen molar-refractivity contribution in [3.8, 4) is 11.5 Å². The summed E-state index contributed by atoms with van der Waals surface area (Å²) in [6.45, 7) is 3.67. The van der Waals surface area contributed by atoms with Crippen molar-refractivity contribution in [3.05, 3.63) is 53.1 Å². The Bertz CT molecular complexity index is 813. The van der Waals surface area contributed by atoms with E-state index in [1.54, 1.807) is 31.3 Å². The molecule has 6 nitrogen and oxygen atoms in total. The molecular formula is C20H21NO5. The fourth-order valence-corrected chi connectivity index (χ4v) is 2.91. The molecule has 0 saturated heterocycles. The van der Waals surface area contributed by atoms with E-state index in [9.17, 15) is 9.59 Å². The molecule has 0 saturated carbocycles. The number of fused-ring (bicyclic) bond motifs is 1. The number of anilines is 1. The monoisotopic (exact) mass is 355 g/mol. The Morgan fingerprint density at radius 1 is 1.19 bits per heavy atom. The lowest BCUT2D eigenvalue weighted by Gasteiger charge is -2.21. The maximum Gasteiger partial charge on any atom is 0.341 e. The molecule has 1 atom stereocenters. The van der Waals surface area contributed by atoms with Gasteiger partial charge in [-0.3, -0.25) is 4.79 Å². The number of nitrogens with zero attached hydrogens (tertiary/aromatic N) is 1. The molecule has 1 aliphatic rings. The smallest absolute Gasteiger partial charge is 0.341 e. The Morgan fingerprint density at radius 2 is 1.85 bits per heavy atom. The van der Waals surface area contributed by atoms with E-state index < -0.39 is 18.7 Å². The standard InChI is InChI=1S/C20H21NO5/c1-12-8-14-10-18(26-17(14)9-13(12)2)20(24)21(3)15-4-6-16(7-5-15)25-11-19(22)23/h4-9,18H,10-11H2,1-3H3,(H,22,23). The summed E-state index contributed by atoms with van der Waals surface area (Å²) in [6.07, 6.45) is 0.0125. The van der Waals surface area contributed by atoms with Crippen LogP contribution in [0.1, 0.15) is 16.7 Å². The van der Waals surface area contributed by atoms with Crippen molar-refractivity contribution in [1.82, 2.24) is 0 Å². The van der Waals surface area contributed by atoms with Crippen LogP contribution in [-0.2, 0) is 16.0 Å². The predicted molar refractivity (Wildman–Crippen MR) is 97.0 cm³/mol. The highest BCUT2D eigenvalue weighted by atomic mass is 16.5. The van der Waals surface area contributed by atoms with Gasteiger partial charge >= 0.3 is 5.97 Å². The van der Waals surface area contributed by atoms with E-state index in [0.717, 1.165) is 16.9 Å². The maximum absolute atomic E-state index is 12.8. The minimum Gasteiger partial charge on any atom is -0.482 e. The van der Waals surface area contributed by atoms with Crippen LogP contribution in [0.4, 0.5) is 5.69 Å². The topological polar surface area (TPSA) is 76.1 Å². The second-order valence-electron chi connectivity index (χ2n) is 6.43. The third-order valence-corrected chi connectivity index (χ3v) is 4.54. The van der Waals surface area contributed by atoms with Crippen molar-refractivity contribution >= 4 is 17.6 Å². The van der Waals surface area contributed by atoms with Crippen LogP contribution in [0.25, 0.3) is 0 Å². The third-order valence-electron chi connectivity index (χ3n) is 4.54. The van der Waals surface area contributed by atoms with Crippen LogP contribution in [0, 0.1) is 13.8 Å². The zero-order valence-corrected chi connectivity index (χ0v) is 15.0. The highest BCUT2D eigenvalue weighted by Crippen LogP contribution is 2.32. The van der Waals surface area contributed by atoms with Crippen molar-refractivity contribution in [2.45, 2.75) is 26.4 Å². The lowest BCUT2D eigenvalue weighted by molar-refractivity contribution is -0.139. The highest BCUT2D eigenvalue weighted by Gasteiger charge is 2.32. The second-order valence-corrected chi connectivity index (χ2v) is 6.43. The van der Waals surface area contributed by atoms with E-state index in [1.165, 1.54) is 10.5 Å². The molecule has 0 aliphatic carbocycles. The molecule has 0 aromatic heterocycles. The van der Waals surface area contributed by atoms with Gasteiger partial charge in [-0.25, -0.2) is 4.79 Å². The van der Waals surface area contributed by atoms with E-state index in [0.29, 0.717) is 17.9 Å². The fourth-order valence-electron chi connectivity index (χ4n) is 2.91. The summed E-state index contributed by atoms with van der Waals surface area (Å²) in [4.78, 5) is 24.8. The first kappa shape index (κ1) is 17.8. The Balaban J connectivity index is 1.67. The van der Waals surface area contributed by atoms with Crippen molar-refractivity contribution in [3.63, 3.8) is 0 Å². The molecule has 1 N–H and O–H groups in total. The van der Waals surface area contributed by atoms with Crippen LogP contribution in [-0.4, -0.2) is 36.7 Å². The number of aryl methyl sites for hydroxylation is 2. The molecule has 2 aromatic carbocycles. The molecule has 0 spiro atoms. The van der Waals surface area contributed by atoms with Gasteiger partial charge in [0, 0.05) is 19.2 Å². The molecule has 0 radical (unpaired) electrons. The number of benzene rings is 2. The van der Waals surface area contributed by atoms with Crippen LogP contribution >= 0.6 is 0 Å². The summed E-state index contributed by atoms with van der Waals surface area (Å²) in [5.74, 6) is 0.0465. The van der Waals surface area contributed by atoms with E-state index in [1.807, 2.05) is 19.9 Å². The molecule has 1 unspecified atom stereocenters. The Labute approximate surface area is 152 Å². The van der Waals surface area contributed by atoms with Gasteiger partial charge in [0.1, 0.15) is 11.5 Å². The summed E-state index contributed by atoms with van der Waals surface area (Å²) in [7, 11) is 1.69. The second kappa shape index (κ2) is 7.07. The average molecular weight is 355 g/mol. The average Bonchev–Trinajstić information content (AvgIpc) is 3.02. The molecule has 136 valence electrons. The number of hydrogen-bond donors (Lipinski definition) is 1. The molecule has 1 amide bonds. The molecule has 3 rings (SSSR count). The Hall–Kier alpha value is -3.02. The predicted octanol–water partition coefficient (Wildman–Crippen LogP) is 2.73. The number of carboxylic acids is 1. The molecule has 1 aliphatic heterocycles. The van der Waals surface area contributed by atoms with Crippen LogP contribution in [0.3, 0.4) is 0 Å². The van der Waals surface area contributed by atoms with Crippen molar-refractivity contribution in [1.29, 1.82) is 0 Å². The van der Waals surface area contributed by atoms with Crippen LogP contribution in [0.2, 0.25) is 0 Å². The van der Waals surface area contributed by atoms with Gasteiger partial charge in [0.05, 0.1) is 0 Å². The van der Waals surface area contributed by atoms with Crippen molar-refractivity contribution in [2.24, 2.45) is 0 Å². The number of ether oxygens (including phenoxy) is 2. The largest absolute Gasteiger partial charge is 0.482 e. The van der Waals surface area contributed by atoms with Gasteiger partial charge in [-0.2, -0.15) is 0 Å². The van der Waals surface area contributed by atoms with Gasteiger partial charge in [0.2, 0.25) is 0 Å². The number of carbonyl (C=O) groups is 2. The summed E-state index contributed by atoms with van der Waals surface area (Å²) in [5.41, 5.74) is 4.06. The van der Waals surface area contributed by atoms with Gasteiger partial charge < -0.3 is 19.5 Å². The van der Waals surface area contributed by atoms with Crippen molar-refractivity contribution in [2.75, 3.05) is 18.6 Å². The van der Waals surface area contributed by atoms with E-state index in [4.69, 9.17) is 14.6 Å². The first-order valence-corrected chi connectivity index (χ1v) is 8.34. The van der Waals surface area contributed by atoms with Gasteiger partial charge in [-0.15, -0.1) is 0 Å². The van der Waals surface area contributed by atoms with Gasteiger partial charge in [0.15, 0.2) is 12.7 Å². The number of amides is 1. The van der Waals surface area contributed by atoms with Crippen LogP contribution in [0.5, 0.6) is 11.5 Å². The minimum atomic E-state index is -1.04. The lowest BCUT2D eigenvalue weighted by Crippen LogP contribution is -2.39. The molecule has 2 aromatic rings. The third kappa shape index (κ3) is 3.64. The minimum absolute atomic E-state index is 0.129. The first-order valence-electron chi connectivity index (χ1n) is 8.34. The normalized spacial score (nSPS) is 15.1. The number of carboxylic acid groups (broad SMARTS) is 1. The van der Waals surface area contributed by atoms with Gasteiger partial charge in [0.25, 0.3) is 5.91 Å². The number of hydrogen-bond acceptors (Lipinski definition) is 4. The van der Waals surface area contributed by atoms with E-state index >= 15 is 0 Å². The number of carbonyl (C=O) groups excluding carboxylic acids is 1. The lowest BCUT2D eigenvalue weighted by atomic mass is 10.0. The number of likely N-dealkylation sites (N-methyl/N-ethyl adjacent to an activating group) is 1. The van der Waals surface area contributed by atoms with Gasteiger partial charge in [-0.1, -0.05) is 6.07 Å². The zero-order chi connectivity index (χ0) is 18.8. The number of rotatable bonds is 5. The summed E-state index contributed by atoms with van der Waals surface area (Å²) in [5, 5.41) is 8.63. The number of aliphatic carboxylic acids is 1. The molecule has 26 heavy (non-hydrogen) atoms. The summed E-state index contributed by atoms with van der Waals surface area (Å²) < 4.78 is 11.0. The molecular weight excluding hydrogens is 334 g/mol. The van der Waals surface area contributed by atoms with Gasteiger partial charge in [-0.05, 0) is 60.9 Å². The Kier molecular flexibility index (Phi) is 4.84. The van der Waals surface area contributed by atoms with Crippen molar-refractivity contribution < 1.29 is 24.2 Å². The summed E-state index contributed by atoms with van der Waals surface area (Å²) >= 11 is 0. The summed E-state index contributed by atoms with van der Waals surface area (Å²) in [6, 6.07) is 10.8. The SMILES string of the molecule is Cc1cc2c(cc1C)OC(C(=O)N(C)c1ccc(OCC(=O)O)cc1)C2. The first-order chi connectivity index (χ1) is 12.3. The Morgan fingerprint density at radius 3 is 2.50 bits per heavy atom. The van der Waals surface area contributed by atoms with E-state index in [-0.39, 0.29) is 5.91 Å². The maximum atomic E-state index is 12.8. The van der Waals surface area contributed by atoms with Crippen LogP contribution < -0.4 is 14.4 Å². The quantitative estimate of drug-likeness (QED) is 0.892. The fraction of sp³-hybridized carbons (Fsp3) is 0.300. The molecule has 6 heteroatoms. The highest BCUT2D eigenvalue weighted by molar-refractivity contribution is 5.97. The zero-order valence-electron chi connectivity index (χ0n) is 15.0. The van der Waals surface area contributed by atoms with E-state index in [2.05, 4.69) is 6.07 Å². The molecule has 1 heterocycles.